The minimum absolute atomic E-state index is 0.216. The van der Waals surface area contributed by atoms with E-state index in [0.29, 0.717) is 0 Å². The summed E-state index contributed by atoms with van der Waals surface area (Å²) in [5.74, 6) is 0. The van der Waals surface area contributed by atoms with Crippen molar-refractivity contribution >= 4 is 0 Å². The van der Waals surface area contributed by atoms with E-state index in [-0.39, 0.29) is 12.1 Å². The molecule has 3 nitrogen and oxygen atoms in total. The Morgan fingerprint density at radius 1 is 1.20 bits per heavy atom. The van der Waals surface area contributed by atoms with Crippen molar-refractivity contribution in [2.45, 2.75) is 32.4 Å². The molecule has 0 aromatic heterocycles. The largest absolute Gasteiger partial charge is 0.387 e. The first-order valence-electron chi connectivity index (χ1n) is 5.11. The zero-order chi connectivity index (χ0) is 11.5. The molecule has 0 fully saturated rings. The molecular formula is C12H19NO2. The highest BCUT2D eigenvalue weighted by Crippen LogP contribution is 2.17. The molecule has 0 spiro atoms. The minimum Gasteiger partial charge on any atom is -0.387 e. The van der Waals surface area contributed by atoms with Gasteiger partial charge in [-0.25, -0.2) is 0 Å². The van der Waals surface area contributed by atoms with E-state index in [1.165, 1.54) is 0 Å². The average molecular weight is 209 g/mol. The molecule has 0 bridgehead atoms. The summed E-state index contributed by atoms with van der Waals surface area (Å²) >= 11 is 0. The van der Waals surface area contributed by atoms with Crippen LogP contribution in [0.15, 0.2) is 30.3 Å². The van der Waals surface area contributed by atoms with Crippen LogP contribution in [0.4, 0.5) is 0 Å². The molecule has 0 aliphatic heterocycles. The van der Waals surface area contributed by atoms with Crippen molar-refractivity contribution in [3.8, 4) is 0 Å². The first kappa shape index (κ1) is 12.2. The Hall–Kier alpha value is -0.900. The van der Waals surface area contributed by atoms with Gasteiger partial charge in [0.2, 0.25) is 0 Å². The Kier molecular flexibility index (Phi) is 3.85. The van der Waals surface area contributed by atoms with Gasteiger partial charge in [-0.2, -0.15) is 5.06 Å². The van der Waals surface area contributed by atoms with Gasteiger partial charge in [0.05, 0.1) is 12.6 Å². The number of benzene rings is 1. The maximum Gasteiger partial charge on any atom is 0.0940 e. The van der Waals surface area contributed by atoms with Crippen molar-refractivity contribution in [2.24, 2.45) is 0 Å². The second-order valence-corrected chi connectivity index (χ2v) is 4.68. The molecule has 84 valence electrons. The molecule has 0 saturated carbocycles. The molecule has 0 heterocycles. The van der Waals surface area contributed by atoms with Crippen LogP contribution >= 0.6 is 0 Å². The maximum atomic E-state index is 9.85. The summed E-state index contributed by atoms with van der Waals surface area (Å²) in [6, 6.07) is 9.34. The summed E-state index contributed by atoms with van der Waals surface area (Å²) in [5, 5.41) is 20.7. The molecule has 1 rings (SSSR count). The van der Waals surface area contributed by atoms with Gasteiger partial charge in [-0.05, 0) is 26.3 Å². The third kappa shape index (κ3) is 3.63. The highest BCUT2D eigenvalue weighted by molar-refractivity contribution is 5.17. The van der Waals surface area contributed by atoms with Gasteiger partial charge in [-0.3, -0.25) is 0 Å². The summed E-state index contributed by atoms with van der Waals surface area (Å²) < 4.78 is 0. The number of aliphatic hydroxyl groups is 1. The number of hydroxylamine groups is 2. The van der Waals surface area contributed by atoms with Crippen LogP contribution in [-0.2, 0) is 0 Å². The monoisotopic (exact) mass is 209 g/mol. The molecular weight excluding hydrogens is 190 g/mol. The fourth-order valence-corrected chi connectivity index (χ4v) is 1.22. The van der Waals surface area contributed by atoms with Crippen LogP contribution in [0, 0.1) is 0 Å². The second kappa shape index (κ2) is 4.75. The Bertz CT molecular complexity index is 292. The van der Waals surface area contributed by atoms with E-state index in [1.54, 1.807) is 0 Å². The van der Waals surface area contributed by atoms with Crippen molar-refractivity contribution < 1.29 is 10.3 Å². The standard InChI is InChI=1S/C12H19NO2/c1-12(2,3)13(15)9-11(14)10-7-5-4-6-8-10/h4-8,11,14-15H,9H2,1-3H3. The minimum atomic E-state index is -0.657. The van der Waals surface area contributed by atoms with E-state index in [9.17, 15) is 10.3 Å². The third-order valence-electron chi connectivity index (χ3n) is 2.30. The predicted octanol–water partition coefficient (Wildman–Crippen LogP) is 2.21. The molecule has 0 saturated heterocycles. The molecule has 0 amide bonds. The van der Waals surface area contributed by atoms with Gasteiger partial charge in [0.15, 0.2) is 0 Å². The Morgan fingerprint density at radius 3 is 2.20 bits per heavy atom. The molecule has 0 aliphatic carbocycles. The average Bonchev–Trinajstić information content (AvgIpc) is 2.17. The number of β-amino-alcohol motifs (C(OH)–C–C–N with tert-alkyl or cyclic N) is 1. The number of hydrogen-bond donors (Lipinski definition) is 2. The highest BCUT2D eigenvalue weighted by atomic mass is 16.5. The first-order chi connectivity index (χ1) is 6.91. The normalized spacial score (nSPS) is 14.3. The summed E-state index contributed by atoms with van der Waals surface area (Å²) in [4.78, 5) is 0. The molecule has 1 aromatic rings. The first-order valence-corrected chi connectivity index (χ1v) is 5.11. The maximum absolute atomic E-state index is 9.85. The van der Waals surface area contributed by atoms with E-state index >= 15 is 0 Å². The predicted molar refractivity (Wildman–Crippen MR) is 59.6 cm³/mol. The molecule has 2 N–H and O–H groups in total. The van der Waals surface area contributed by atoms with E-state index in [4.69, 9.17) is 0 Å². The lowest BCUT2D eigenvalue weighted by atomic mass is 10.1. The summed E-state index contributed by atoms with van der Waals surface area (Å²) in [7, 11) is 0. The quantitative estimate of drug-likeness (QED) is 0.750. The van der Waals surface area contributed by atoms with Crippen molar-refractivity contribution in [1.29, 1.82) is 0 Å². The highest BCUT2D eigenvalue weighted by Gasteiger charge is 2.22. The molecule has 3 heteroatoms. The van der Waals surface area contributed by atoms with Gasteiger partial charge in [-0.15, -0.1) is 0 Å². The molecule has 1 unspecified atom stereocenters. The Balaban J connectivity index is 2.61. The van der Waals surface area contributed by atoms with E-state index < -0.39 is 6.10 Å². The van der Waals surface area contributed by atoms with Crippen molar-refractivity contribution in [3.05, 3.63) is 35.9 Å². The number of rotatable bonds is 3. The van der Waals surface area contributed by atoms with Gasteiger partial charge >= 0.3 is 0 Å². The van der Waals surface area contributed by atoms with E-state index in [2.05, 4.69) is 0 Å². The lowest BCUT2D eigenvalue weighted by Gasteiger charge is -2.31. The van der Waals surface area contributed by atoms with Crippen molar-refractivity contribution in [3.63, 3.8) is 0 Å². The molecule has 1 atom stereocenters. The summed E-state index contributed by atoms with van der Waals surface area (Å²) in [6.07, 6.45) is -0.657. The van der Waals surface area contributed by atoms with Crippen LogP contribution < -0.4 is 0 Å². The SMILES string of the molecule is CC(C)(C)N(O)CC(O)c1ccccc1. The zero-order valence-corrected chi connectivity index (χ0v) is 9.51. The molecule has 0 radical (unpaired) electrons. The fourth-order valence-electron chi connectivity index (χ4n) is 1.22. The third-order valence-corrected chi connectivity index (χ3v) is 2.30. The topological polar surface area (TPSA) is 43.7 Å². The fraction of sp³-hybridized carbons (Fsp3) is 0.500. The van der Waals surface area contributed by atoms with Gasteiger partial charge in [0.1, 0.15) is 0 Å². The van der Waals surface area contributed by atoms with Gasteiger partial charge in [-0.1, -0.05) is 30.3 Å². The molecule has 0 aliphatic rings. The van der Waals surface area contributed by atoms with Crippen molar-refractivity contribution in [1.82, 2.24) is 5.06 Å². The lowest BCUT2D eigenvalue weighted by Crippen LogP contribution is -2.41. The number of aliphatic hydroxyl groups excluding tert-OH is 1. The summed E-state index contributed by atoms with van der Waals surface area (Å²) in [5.41, 5.74) is 0.469. The van der Waals surface area contributed by atoms with E-state index in [0.717, 1.165) is 10.6 Å². The zero-order valence-electron chi connectivity index (χ0n) is 9.51. The van der Waals surface area contributed by atoms with Crippen LogP contribution in [-0.4, -0.2) is 27.5 Å². The van der Waals surface area contributed by atoms with E-state index in [1.807, 2.05) is 51.1 Å². The summed E-state index contributed by atoms with van der Waals surface area (Å²) in [6.45, 7) is 5.90. The Morgan fingerprint density at radius 2 is 1.73 bits per heavy atom. The second-order valence-electron chi connectivity index (χ2n) is 4.68. The molecule has 1 aromatic carbocycles. The molecule has 15 heavy (non-hydrogen) atoms. The smallest absolute Gasteiger partial charge is 0.0940 e. The van der Waals surface area contributed by atoms with Gasteiger partial charge < -0.3 is 10.3 Å². The lowest BCUT2D eigenvalue weighted by molar-refractivity contribution is -0.172. The van der Waals surface area contributed by atoms with Crippen molar-refractivity contribution in [2.75, 3.05) is 6.54 Å². The van der Waals surface area contributed by atoms with Crippen LogP contribution in [0.3, 0.4) is 0 Å². The van der Waals surface area contributed by atoms with Crippen LogP contribution in [0.5, 0.6) is 0 Å². The van der Waals surface area contributed by atoms with Gasteiger partial charge in [0, 0.05) is 5.54 Å². The van der Waals surface area contributed by atoms with Crippen LogP contribution in [0.25, 0.3) is 0 Å². The number of nitrogens with zero attached hydrogens (tertiary/aromatic N) is 1. The van der Waals surface area contributed by atoms with Crippen LogP contribution in [0.1, 0.15) is 32.4 Å². The Labute approximate surface area is 90.9 Å². The van der Waals surface area contributed by atoms with Gasteiger partial charge in [0.25, 0.3) is 0 Å². The number of hydrogen-bond acceptors (Lipinski definition) is 3. The van der Waals surface area contributed by atoms with Crippen LogP contribution in [0.2, 0.25) is 0 Å².